The summed E-state index contributed by atoms with van der Waals surface area (Å²) in [5.74, 6) is -1.43. The molecule has 9 heteroatoms. The third-order valence-electron chi connectivity index (χ3n) is 5.92. The maximum atomic E-state index is 13.1. The zero-order chi connectivity index (χ0) is 23.3. The molecule has 0 saturated heterocycles. The lowest BCUT2D eigenvalue weighted by atomic mass is 10.1. The van der Waals surface area contributed by atoms with E-state index in [-0.39, 0.29) is 27.3 Å². The van der Waals surface area contributed by atoms with Gasteiger partial charge in [0.1, 0.15) is 0 Å². The van der Waals surface area contributed by atoms with Crippen LogP contribution >= 0.6 is 0 Å². The topological polar surface area (TPSA) is 104 Å². The van der Waals surface area contributed by atoms with Crippen LogP contribution in [0.2, 0.25) is 0 Å². The van der Waals surface area contributed by atoms with Gasteiger partial charge in [-0.3, -0.25) is 23.6 Å². The Kier molecular flexibility index (Phi) is 4.79. The maximum absolute atomic E-state index is 13.1. The molecule has 3 aromatic rings. The second-order valence-corrected chi connectivity index (χ2v) is 9.69. The zero-order valence-corrected chi connectivity index (χ0v) is 18.4. The Labute approximate surface area is 190 Å². The van der Waals surface area contributed by atoms with Crippen LogP contribution in [0, 0.1) is 0 Å². The van der Waals surface area contributed by atoms with E-state index in [1.807, 2.05) is 12.1 Å². The highest BCUT2D eigenvalue weighted by Crippen LogP contribution is 2.33. The first-order valence-corrected chi connectivity index (χ1v) is 11.7. The summed E-state index contributed by atoms with van der Waals surface area (Å²) in [6.45, 7) is 0.365. The number of para-hydroxylation sites is 1. The molecule has 0 atom stereocenters. The van der Waals surface area contributed by atoms with Gasteiger partial charge in [-0.15, -0.1) is 0 Å². The highest BCUT2D eigenvalue weighted by molar-refractivity contribution is 7.92. The smallest absolute Gasteiger partial charge is 0.264 e. The molecule has 0 fully saturated rings. The fourth-order valence-corrected chi connectivity index (χ4v) is 5.67. The van der Waals surface area contributed by atoms with Crippen molar-refractivity contribution in [3.63, 3.8) is 0 Å². The average Bonchev–Trinajstić information content (AvgIpc) is 3.36. The summed E-state index contributed by atoms with van der Waals surface area (Å²) in [6, 6.07) is 17.7. The molecule has 3 aromatic carbocycles. The van der Waals surface area contributed by atoms with Crippen LogP contribution in [0.25, 0.3) is 0 Å². The van der Waals surface area contributed by atoms with Crippen molar-refractivity contribution in [3.8, 4) is 0 Å². The quantitative estimate of drug-likeness (QED) is 0.602. The molecule has 0 aromatic heterocycles. The maximum Gasteiger partial charge on any atom is 0.264 e. The summed E-state index contributed by atoms with van der Waals surface area (Å²) in [4.78, 5) is 38.4. The Morgan fingerprint density at radius 2 is 1.64 bits per heavy atom. The number of carbonyl (C=O) groups excluding carboxylic acids is 3. The summed E-state index contributed by atoms with van der Waals surface area (Å²) in [7, 11) is -2.38. The number of nitrogens with zero attached hydrogens (tertiary/aromatic N) is 2. The number of anilines is 2. The third kappa shape index (κ3) is 3.28. The summed E-state index contributed by atoms with van der Waals surface area (Å²) in [6.07, 6.45) is 0.647. The van der Waals surface area contributed by atoms with E-state index in [0.717, 1.165) is 10.5 Å². The van der Waals surface area contributed by atoms with Crippen molar-refractivity contribution in [1.29, 1.82) is 0 Å². The standard InChI is InChI=1S/C24H19N3O5S/c1-26-23(29)18-6-4-7-19(21(18)24(26)30)25-22(28)16-9-11-17(12-10-16)33(31,32)27-14-13-15-5-2-3-8-20(15)27/h2-12H,13-14H2,1H3,(H,25,28). The molecule has 1 N–H and O–H groups in total. The predicted octanol–water partition coefficient (Wildman–Crippen LogP) is 2.92. The number of fused-ring (bicyclic) bond motifs is 2. The van der Waals surface area contributed by atoms with Crippen molar-refractivity contribution in [2.45, 2.75) is 11.3 Å². The molecule has 8 nitrogen and oxygen atoms in total. The number of benzene rings is 3. The van der Waals surface area contributed by atoms with E-state index < -0.39 is 27.7 Å². The van der Waals surface area contributed by atoms with Gasteiger partial charge in [-0.05, 0) is 54.4 Å². The summed E-state index contributed by atoms with van der Waals surface area (Å²) < 4.78 is 27.7. The van der Waals surface area contributed by atoms with Crippen molar-refractivity contribution in [2.24, 2.45) is 0 Å². The molecule has 3 amide bonds. The Bertz CT molecular complexity index is 1430. The third-order valence-corrected chi connectivity index (χ3v) is 7.74. The van der Waals surface area contributed by atoms with Gasteiger partial charge in [0.15, 0.2) is 0 Å². The van der Waals surface area contributed by atoms with Crippen molar-refractivity contribution in [2.75, 3.05) is 23.2 Å². The van der Waals surface area contributed by atoms with Crippen molar-refractivity contribution in [3.05, 3.63) is 89.0 Å². The minimum atomic E-state index is -3.77. The molecule has 2 aliphatic heterocycles. The lowest BCUT2D eigenvalue weighted by Gasteiger charge is -2.19. The lowest BCUT2D eigenvalue weighted by Crippen LogP contribution is -2.29. The van der Waals surface area contributed by atoms with Gasteiger partial charge >= 0.3 is 0 Å². The second-order valence-electron chi connectivity index (χ2n) is 7.83. The van der Waals surface area contributed by atoms with Gasteiger partial charge in [0.05, 0.1) is 27.4 Å². The normalized spacial score (nSPS) is 14.9. The SMILES string of the molecule is CN1C(=O)c2cccc(NC(=O)c3ccc(S(=O)(=O)N4CCc5ccccc54)cc3)c2C1=O. The molecule has 0 radical (unpaired) electrons. The minimum absolute atomic E-state index is 0.0822. The first-order chi connectivity index (χ1) is 15.8. The van der Waals surface area contributed by atoms with E-state index in [4.69, 9.17) is 0 Å². The highest BCUT2D eigenvalue weighted by atomic mass is 32.2. The fourth-order valence-electron chi connectivity index (χ4n) is 4.16. The number of amides is 3. The van der Waals surface area contributed by atoms with Gasteiger partial charge in [0.2, 0.25) is 0 Å². The summed E-state index contributed by atoms with van der Waals surface area (Å²) in [5, 5.41) is 2.66. The lowest BCUT2D eigenvalue weighted by molar-refractivity contribution is 0.0693. The van der Waals surface area contributed by atoms with Crippen LogP contribution in [0.5, 0.6) is 0 Å². The molecule has 166 valence electrons. The molecule has 2 aliphatic rings. The van der Waals surface area contributed by atoms with Gasteiger partial charge in [-0.2, -0.15) is 0 Å². The van der Waals surface area contributed by atoms with E-state index in [9.17, 15) is 22.8 Å². The molecule has 5 rings (SSSR count). The molecular weight excluding hydrogens is 442 g/mol. The highest BCUT2D eigenvalue weighted by Gasteiger charge is 2.35. The Balaban J connectivity index is 1.39. The van der Waals surface area contributed by atoms with Crippen molar-refractivity contribution in [1.82, 2.24) is 4.90 Å². The van der Waals surface area contributed by atoms with Crippen molar-refractivity contribution < 1.29 is 22.8 Å². The molecule has 0 spiro atoms. The van der Waals surface area contributed by atoms with E-state index in [0.29, 0.717) is 18.7 Å². The average molecular weight is 461 g/mol. The summed E-state index contributed by atoms with van der Waals surface area (Å²) in [5.41, 5.74) is 2.47. The van der Waals surface area contributed by atoms with Gasteiger partial charge in [0, 0.05) is 19.2 Å². The first kappa shape index (κ1) is 20.9. The van der Waals surface area contributed by atoms with Crippen LogP contribution in [-0.2, 0) is 16.4 Å². The zero-order valence-electron chi connectivity index (χ0n) is 17.6. The van der Waals surface area contributed by atoms with E-state index >= 15 is 0 Å². The number of imide groups is 1. The van der Waals surface area contributed by atoms with E-state index in [1.54, 1.807) is 24.3 Å². The van der Waals surface area contributed by atoms with Gasteiger partial charge < -0.3 is 5.32 Å². The van der Waals surface area contributed by atoms with Crippen molar-refractivity contribution >= 4 is 39.1 Å². The van der Waals surface area contributed by atoms with Crippen LogP contribution in [0.3, 0.4) is 0 Å². The molecule has 0 saturated carbocycles. The number of hydrogen-bond acceptors (Lipinski definition) is 5. The monoisotopic (exact) mass is 461 g/mol. The molecule has 33 heavy (non-hydrogen) atoms. The number of carbonyl (C=O) groups is 3. The van der Waals surface area contributed by atoms with Crippen LogP contribution < -0.4 is 9.62 Å². The molecule has 2 heterocycles. The van der Waals surface area contributed by atoms with E-state index in [1.165, 1.54) is 41.7 Å². The Morgan fingerprint density at radius 3 is 2.39 bits per heavy atom. The first-order valence-electron chi connectivity index (χ1n) is 10.3. The number of nitrogens with one attached hydrogen (secondary N) is 1. The Morgan fingerprint density at radius 1 is 0.909 bits per heavy atom. The van der Waals surface area contributed by atoms with Crippen LogP contribution in [0.15, 0.2) is 71.6 Å². The number of hydrogen-bond donors (Lipinski definition) is 1. The van der Waals surface area contributed by atoms with Crippen LogP contribution in [-0.4, -0.2) is 44.6 Å². The molecular formula is C24H19N3O5S. The fraction of sp³-hybridized carbons (Fsp3) is 0.125. The van der Waals surface area contributed by atoms with Gasteiger partial charge in [-0.1, -0.05) is 24.3 Å². The van der Waals surface area contributed by atoms with Gasteiger partial charge in [0.25, 0.3) is 27.7 Å². The van der Waals surface area contributed by atoms with Crippen LogP contribution in [0.4, 0.5) is 11.4 Å². The predicted molar refractivity (Wildman–Crippen MR) is 122 cm³/mol. The largest absolute Gasteiger partial charge is 0.321 e. The number of rotatable bonds is 4. The van der Waals surface area contributed by atoms with Crippen LogP contribution in [0.1, 0.15) is 36.6 Å². The minimum Gasteiger partial charge on any atom is -0.321 e. The Hall–Kier alpha value is -3.98. The van der Waals surface area contributed by atoms with Gasteiger partial charge in [-0.25, -0.2) is 8.42 Å². The second kappa shape index (κ2) is 7.56. The molecule has 0 aliphatic carbocycles. The summed E-state index contributed by atoms with van der Waals surface area (Å²) >= 11 is 0. The van der Waals surface area contributed by atoms with E-state index in [2.05, 4.69) is 5.32 Å². The molecule has 0 unspecified atom stereocenters. The number of sulfonamides is 1. The molecule has 0 bridgehead atoms.